The molecule has 0 aliphatic heterocycles. The number of thioether (sulfide) groups is 1. The smallest absolute Gasteiger partial charge is 0.343 e. The first kappa shape index (κ1) is 18.1. The van der Waals surface area contributed by atoms with Crippen LogP contribution in [0.15, 0.2) is 16.7 Å². The number of aromatic nitrogens is 3. The quantitative estimate of drug-likeness (QED) is 0.468. The summed E-state index contributed by atoms with van der Waals surface area (Å²) in [5.41, 5.74) is 6.74. The van der Waals surface area contributed by atoms with E-state index in [1.54, 1.807) is 14.0 Å². The van der Waals surface area contributed by atoms with Gasteiger partial charge < -0.3 is 10.5 Å². The number of nitrogens with zero attached hydrogens (tertiary/aromatic N) is 4. The number of nitrogen functional groups attached to an aromatic ring is 1. The molecule has 0 atom stereocenters. The second-order valence-electron chi connectivity index (χ2n) is 4.66. The van der Waals surface area contributed by atoms with E-state index in [1.807, 2.05) is 5.38 Å². The minimum absolute atomic E-state index is 0.0748. The Hall–Kier alpha value is -2.20. The summed E-state index contributed by atoms with van der Waals surface area (Å²) in [5.74, 6) is -0.00104. The maximum atomic E-state index is 11.6. The monoisotopic (exact) mass is 367 g/mol. The standard InChI is InChI=1S/C14H17N5O3S2/c1-4-22-12(21)10-5-16-13(18-11(10)15)23-6-9-7-24-14(17-9)19(3)8(2)20/h5,7H,4,6H2,1-3H3,(H2,15,16,18). The molecule has 0 aromatic carbocycles. The first-order chi connectivity index (χ1) is 11.4. The number of esters is 1. The number of thiazole rings is 1. The third-order valence-electron chi connectivity index (χ3n) is 2.94. The third-order valence-corrected chi connectivity index (χ3v) is 4.80. The molecule has 0 spiro atoms. The molecular weight excluding hydrogens is 350 g/mol. The average molecular weight is 367 g/mol. The van der Waals surface area contributed by atoms with Gasteiger partial charge in [0.2, 0.25) is 5.91 Å². The number of hydrogen-bond donors (Lipinski definition) is 1. The molecule has 0 saturated heterocycles. The van der Waals surface area contributed by atoms with Gasteiger partial charge in [-0.3, -0.25) is 9.69 Å². The molecule has 24 heavy (non-hydrogen) atoms. The van der Waals surface area contributed by atoms with Crippen molar-refractivity contribution in [3.63, 3.8) is 0 Å². The van der Waals surface area contributed by atoms with Crippen molar-refractivity contribution in [3.8, 4) is 0 Å². The van der Waals surface area contributed by atoms with E-state index in [-0.39, 0.29) is 23.9 Å². The lowest BCUT2D eigenvalue weighted by Gasteiger charge is -2.09. The number of amides is 1. The molecule has 2 aromatic heterocycles. The molecule has 128 valence electrons. The van der Waals surface area contributed by atoms with E-state index in [0.29, 0.717) is 16.0 Å². The molecule has 0 bridgehead atoms. The summed E-state index contributed by atoms with van der Waals surface area (Å²) >= 11 is 2.73. The van der Waals surface area contributed by atoms with Crippen LogP contribution < -0.4 is 10.6 Å². The van der Waals surface area contributed by atoms with Crippen molar-refractivity contribution >= 4 is 45.9 Å². The van der Waals surface area contributed by atoms with Crippen molar-refractivity contribution in [2.75, 3.05) is 24.3 Å². The Labute approximate surface area is 147 Å². The van der Waals surface area contributed by atoms with E-state index in [0.717, 1.165) is 5.69 Å². The number of carbonyl (C=O) groups is 2. The third kappa shape index (κ3) is 4.42. The fourth-order valence-corrected chi connectivity index (χ4v) is 3.26. The largest absolute Gasteiger partial charge is 0.462 e. The minimum Gasteiger partial charge on any atom is -0.462 e. The molecule has 2 heterocycles. The molecule has 0 unspecified atom stereocenters. The Morgan fingerprint density at radius 2 is 2.17 bits per heavy atom. The molecular formula is C14H17N5O3S2. The lowest BCUT2D eigenvalue weighted by Crippen LogP contribution is -2.22. The van der Waals surface area contributed by atoms with Crippen LogP contribution in [0, 0.1) is 0 Å². The van der Waals surface area contributed by atoms with Gasteiger partial charge >= 0.3 is 5.97 Å². The van der Waals surface area contributed by atoms with Crippen molar-refractivity contribution < 1.29 is 14.3 Å². The molecule has 0 fully saturated rings. The summed E-state index contributed by atoms with van der Waals surface area (Å²) in [5, 5.41) is 2.95. The van der Waals surface area contributed by atoms with Crippen molar-refractivity contribution in [2.45, 2.75) is 24.8 Å². The lowest BCUT2D eigenvalue weighted by molar-refractivity contribution is -0.116. The molecule has 0 aliphatic rings. The molecule has 0 radical (unpaired) electrons. The number of hydrogen-bond acceptors (Lipinski definition) is 9. The van der Waals surface area contributed by atoms with Crippen LogP contribution >= 0.6 is 23.1 Å². The summed E-state index contributed by atoms with van der Waals surface area (Å²) in [7, 11) is 1.68. The van der Waals surface area contributed by atoms with Crippen molar-refractivity contribution in [1.29, 1.82) is 0 Å². The molecule has 2 aromatic rings. The fraction of sp³-hybridized carbons (Fsp3) is 0.357. The zero-order chi connectivity index (χ0) is 17.7. The van der Waals surface area contributed by atoms with Crippen molar-refractivity contribution in [2.24, 2.45) is 0 Å². The van der Waals surface area contributed by atoms with Gasteiger partial charge in [-0.1, -0.05) is 11.8 Å². The molecule has 10 heteroatoms. The molecule has 1 amide bonds. The van der Waals surface area contributed by atoms with Crippen LogP contribution in [-0.2, 0) is 15.3 Å². The predicted octanol–water partition coefficient (Wildman–Crippen LogP) is 1.97. The highest BCUT2D eigenvalue weighted by Crippen LogP contribution is 2.25. The number of anilines is 2. The van der Waals surface area contributed by atoms with Crippen LogP contribution in [-0.4, -0.2) is 40.5 Å². The summed E-state index contributed by atoms with van der Waals surface area (Å²) in [6.45, 7) is 3.46. The Balaban J connectivity index is 2.01. The summed E-state index contributed by atoms with van der Waals surface area (Å²) in [6, 6.07) is 0. The summed E-state index contributed by atoms with van der Waals surface area (Å²) < 4.78 is 4.88. The van der Waals surface area contributed by atoms with Gasteiger partial charge in [0.05, 0.1) is 12.3 Å². The van der Waals surface area contributed by atoms with Gasteiger partial charge in [0.25, 0.3) is 0 Å². The van der Waals surface area contributed by atoms with Gasteiger partial charge in [-0.05, 0) is 6.92 Å². The SMILES string of the molecule is CCOC(=O)c1cnc(SCc2csc(N(C)C(C)=O)n2)nc1N. The number of rotatable bonds is 6. The molecule has 0 aliphatic carbocycles. The second kappa shape index (κ2) is 8.06. The summed E-state index contributed by atoms with van der Waals surface area (Å²) in [4.78, 5) is 37.0. The van der Waals surface area contributed by atoms with Crippen LogP contribution in [0.2, 0.25) is 0 Å². The van der Waals surface area contributed by atoms with E-state index in [4.69, 9.17) is 10.5 Å². The maximum absolute atomic E-state index is 11.6. The second-order valence-corrected chi connectivity index (χ2v) is 6.44. The Morgan fingerprint density at radius 1 is 1.42 bits per heavy atom. The van der Waals surface area contributed by atoms with E-state index in [2.05, 4.69) is 15.0 Å². The van der Waals surface area contributed by atoms with Gasteiger partial charge in [-0.15, -0.1) is 11.3 Å². The average Bonchev–Trinajstić information content (AvgIpc) is 3.01. The molecule has 0 saturated carbocycles. The molecule has 2 rings (SSSR count). The Kier molecular flexibility index (Phi) is 6.10. The van der Waals surface area contributed by atoms with E-state index >= 15 is 0 Å². The van der Waals surface area contributed by atoms with Crippen LogP contribution in [0.4, 0.5) is 10.9 Å². The zero-order valence-electron chi connectivity index (χ0n) is 13.5. The summed E-state index contributed by atoms with van der Waals surface area (Å²) in [6.07, 6.45) is 1.36. The lowest BCUT2D eigenvalue weighted by atomic mass is 10.3. The van der Waals surface area contributed by atoms with E-state index in [1.165, 1.54) is 41.1 Å². The first-order valence-corrected chi connectivity index (χ1v) is 8.90. The van der Waals surface area contributed by atoms with Crippen LogP contribution in [0.5, 0.6) is 0 Å². The van der Waals surface area contributed by atoms with E-state index < -0.39 is 5.97 Å². The highest BCUT2D eigenvalue weighted by atomic mass is 32.2. The van der Waals surface area contributed by atoms with Gasteiger partial charge in [-0.2, -0.15) is 0 Å². The van der Waals surface area contributed by atoms with Gasteiger partial charge in [0.1, 0.15) is 11.4 Å². The first-order valence-electron chi connectivity index (χ1n) is 7.03. The van der Waals surface area contributed by atoms with Crippen molar-refractivity contribution in [3.05, 3.63) is 22.8 Å². The predicted molar refractivity (Wildman–Crippen MR) is 93.2 cm³/mol. The number of ether oxygens (including phenoxy) is 1. The van der Waals surface area contributed by atoms with Gasteiger partial charge in [0.15, 0.2) is 10.3 Å². The topological polar surface area (TPSA) is 111 Å². The molecule has 2 N–H and O–H groups in total. The van der Waals surface area contributed by atoms with Gasteiger partial charge in [0, 0.05) is 31.3 Å². The normalized spacial score (nSPS) is 10.5. The van der Waals surface area contributed by atoms with Crippen LogP contribution in [0.3, 0.4) is 0 Å². The van der Waals surface area contributed by atoms with E-state index in [9.17, 15) is 9.59 Å². The van der Waals surface area contributed by atoms with Gasteiger partial charge in [-0.25, -0.2) is 19.7 Å². The Morgan fingerprint density at radius 3 is 2.79 bits per heavy atom. The Bertz CT molecular complexity index is 750. The van der Waals surface area contributed by atoms with Crippen LogP contribution in [0.1, 0.15) is 29.9 Å². The zero-order valence-corrected chi connectivity index (χ0v) is 15.1. The van der Waals surface area contributed by atoms with Crippen molar-refractivity contribution in [1.82, 2.24) is 15.0 Å². The highest BCUT2D eigenvalue weighted by molar-refractivity contribution is 7.98. The van der Waals surface area contributed by atoms with Crippen LogP contribution in [0.25, 0.3) is 0 Å². The highest BCUT2D eigenvalue weighted by Gasteiger charge is 2.15. The fourth-order valence-electron chi connectivity index (χ4n) is 1.60. The number of carbonyl (C=O) groups excluding carboxylic acids is 2. The molecule has 8 nitrogen and oxygen atoms in total. The number of nitrogens with two attached hydrogens (primary N) is 1. The maximum Gasteiger partial charge on any atom is 0.343 e. The minimum atomic E-state index is -0.539.